The first kappa shape index (κ1) is 15.4. The highest BCUT2D eigenvalue weighted by Crippen LogP contribution is 2.19. The van der Waals surface area contributed by atoms with Gasteiger partial charge in [-0.15, -0.1) is 10.2 Å². The molecule has 0 saturated carbocycles. The van der Waals surface area contributed by atoms with Gasteiger partial charge < -0.3 is 9.30 Å². The second-order valence-electron chi connectivity index (χ2n) is 5.08. The van der Waals surface area contributed by atoms with Gasteiger partial charge in [0.05, 0.1) is 17.1 Å². The number of benzene rings is 1. The van der Waals surface area contributed by atoms with E-state index >= 15 is 0 Å². The average molecular weight is 331 g/mol. The van der Waals surface area contributed by atoms with Crippen LogP contribution in [0.5, 0.6) is 0 Å². The summed E-state index contributed by atoms with van der Waals surface area (Å²) in [6, 6.07) is 7.78. The van der Waals surface area contributed by atoms with Gasteiger partial charge in [0.15, 0.2) is 0 Å². The topological polar surface area (TPSA) is 69.9 Å². The van der Waals surface area contributed by atoms with Crippen LogP contribution in [0.25, 0.3) is 10.9 Å². The van der Waals surface area contributed by atoms with E-state index in [1.807, 2.05) is 24.3 Å². The van der Waals surface area contributed by atoms with Gasteiger partial charge in [-0.2, -0.15) is 0 Å². The molecule has 2 heterocycles. The number of ether oxygens (including phenoxy) is 1. The monoisotopic (exact) mass is 330 g/mol. The first-order valence-electron chi connectivity index (χ1n) is 7.18. The Morgan fingerprint density at radius 2 is 2.13 bits per heavy atom. The van der Waals surface area contributed by atoms with Crippen LogP contribution >= 0.6 is 11.6 Å². The highest BCUT2D eigenvalue weighted by Gasteiger charge is 2.17. The fourth-order valence-corrected chi connectivity index (χ4v) is 2.50. The molecule has 0 N–H and O–H groups in total. The largest absolute Gasteiger partial charge is 0.460 e. The summed E-state index contributed by atoms with van der Waals surface area (Å²) >= 11 is 5.98. The fraction of sp³-hybridized carbons (Fsp3) is 0.250. The molecule has 0 atom stereocenters. The van der Waals surface area contributed by atoms with Crippen LogP contribution in [-0.4, -0.2) is 32.3 Å². The number of nitrogens with zero attached hydrogens (tertiary/aromatic N) is 4. The van der Waals surface area contributed by atoms with Gasteiger partial charge in [0.25, 0.3) is 0 Å². The van der Waals surface area contributed by atoms with Crippen LogP contribution in [0, 0.1) is 0 Å². The second-order valence-corrected chi connectivity index (χ2v) is 5.51. The lowest BCUT2D eigenvalue weighted by molar-refractivity contribution is 0.0507. The average Bonchev–Trinajstić information content (AvgIpc) is 2.88. The van der Waals surface area contributed by atoms with Gasteiger partial charge in [0.1, 0.15) is 5.82 Å². The molecule has 118 valence electrons. The lowest BCUT2D eigenvalue weighted by Gasteiger charge is -2.05. The van der Waals surface area contributed by atoms with Gasteiger partial charge in [-0.3, -0.25) is 4.98 Å². The van der Waals surface area contributed by atoms with Gasteiger partial charge in [0, 0.05) is 25.1 Å². The van der Waals surface area contributed by atoms with Crippen molar-refractivity contribution in [1.82, 2.24) is 19.7 Å². The molecule has 6 nitrogen and oxygen atoms in total. The molecule has 2 aromatic heterocycles. The lowest BCUT2D eigenvalue weighted by Crippen LogP contribution is -2.12. The molecule has 3 aromatic rings. The number of aromatic nitrogens is 4. The predicted molar refractivity (Wildman–Crippen MR) is 86.5 cm³/mol. The van der Waals surface area contributed by atoms with Gasteiger partial charge in [-0.1, -0.05) is 17.7 Å². The summed E-state index contributed by atoms with van der Waals surface area (Å²) in [7, 11) is 1.75. The van der Waals surface area contributed by atoms with Crippen molar-refractivity contribution in [3.05, 3.63) is 52.7 Å². The number of fused-ring (bicyclic) bond motifs is 1. The Labute approximate surface area is 138 Å². The number of hydrogen-bond acceptors (Lipinski definition) is 5. The van der Waals surface area contributed by atoms with Crippen LogP contribution in [-0.2, 0) is 18.2 Å². The van der Waals surface area contributed by atoms with E-state index in [1.54, 1.807) is 24.7 Å². The van der Waals surface area contributed by atoms with Crippen LogP contribution in [0.2, 0.25) is 5.02 Å². The highest BCUT2D eigenvalue weighted by molar-refractivity contribution is 6.31. The smallest absolute Gasteiger partial charge is 0.376 e. The van der Waals surface area contributed by atoms with E-state index in [0.717, 1.165) is 16.5 Å². The molecule has 0 amide bonds. The van der Waals surface area contributed by atoms with E-state index in [2.05, 4.69) is 15.2 Å². The maximum Gasteiger partial charge on any atom is 0.376 e. The van der Waals surface area contributed by atoms with Crippen LogP contribution in [0.4, 0.5) is 0 Å². The van der Waals surface area contributed by atoms with Crippen molar-refractivity contribution in [1.29, 1.82) is 0 Å². The number of halogens is 1. The molecule has 1 aromatic carbocycles. The third kappa shape index (κ3) is 3.17. The Bertz CT molecular complexity index is 876. The molecule has 23 heavy (non-hydrogen) atoms. The number of pyridine rings is 1. The van der Waals surface area contributed by atoms with Crippen molar-refractivity contribution >= 4 is 28.5 Å². The highest BCUT2D eigenvalue weighted by atomic mass is 35.5. The molecule has 0 fully saturated rings. The summed E-state index contributed by atoms with van der Waals surface area (Å²) < 4.78 is 6.61. The summed E-state index contributed by atoms with van der Waals surface area (Å²) in [6.07, 6.45) is 2.17. The van der Waals surface area contributed by atoms with E-state index in [1.165, 1.54) is 0 Å². The molecule has 3 rings (SSSR count). The number of esters is 1. The Kier molecular flexibility index (Phi) is 4.25. The molecule has 0 saturated heterocycles. The number of carbonyl (C=O) groups is 1. The number of carbonyl (C=O) groups excluding carboxylic acids is 1. The van der Waals surface area contributed by atoms with E-state index < -0.39 is 5.97 Å². The van der Waals surface area contributed by atoms with E-state index in [-0.39, 0.29) is 5.82 Å². The van der Waals surface area contributed by atoms with Crippen LogP contribution in [0.15, 0.2) is 30.5 Å². The molecular weight excluding hydrogens is 316 g/mol. The first-order valence-corrected chi connectivity index (χ1v) is 7.56. The van der Waals surface area contributed by atoms with Crippen LogP contribution in [0.1, 0.15) is 28.9 Å². The molecule has 7 heteroatoms. The van der Waals surface area contributed by atoms with Gasteiger partial charge in [-0.25, -0.2) is 4.79 Å². The summed E-state index contributed by atoms with van der Waals surface area (Å²) in [5.74, 6) is 0.415. The molecular formula is C16H15ClN4O2. The van der Waals surface area contributed by atoms with Crippen LogP contribution in [0.3, 0.4) is 0 Å². The molecule has 0 radical (unpaired) electrons. The number of hydrogen-bond donors (Lipinski definition) is 0. The zero-order valence-corrected chi connectivity index (χ0v) is 13.5. The Balaban J connectivity index is 1.89. The Hall–Kier alpha value is -2.47. The zero-order chi connectivity index (χ0) is 16.4. The van der Waals surface area contributed by atoms with E-state index in [4.69, 9.17) is 16.3 Å². The fourth-order valence-electron chi connectivity index (χ4n) is 2.34. The van der Waals surface area contributed by atoms with Crippen molar-refractivity contribution < 1.29 is 9.53 Å². The second kappa shape index (κ2) is 6.34. The third-order valence-electron chi connectivity index (χ3n) is 3.50. The van der Waals surface area contributed by atoms with Gasteiger partial charge in [-0.05, 0) is 30.7 Å². The predicted octanol–water partition coefficient (Wildman–Crippen LogP) is 2.78. The SMILES string of the molecule is CCOC(=O)c1nnc(Cc2ccc3ncc(Cl)cc3c2)n1C. The summed E-state index contributed by atoms with van der Waals surface area (Å²) in [5, 5.41) is 9.55. The third-order valence-corrected chi connectivity index (χ3v) is 3.70. The lowest BCUT2D eigenvalue weighted by atomic mass is 10.1. The Morgan fingerprint density at radius 1 is 1.30 bits per heavy atom. The maximum absolute atomic E-state index is 11.8. The van der Waals surface area contributed by atoms with Gasteiger partial charge in [0.2, 0.25) is 5.82 Å². The quantitative estimate of drug-likeness (QED) is 0.688. The molecule has 0 aliphatic rings. The van der Waals surface area contributed by atoms with Crippen molar-refractivity contribution in [3.8, 4) is 0 Å². The minimum atomic E-state index is -0.469. The van der Waals surface area contributed by atoms with Crippen molar-refractivity contribution in [3.63, 3.8) is 0 Å². The number of rotatable bonds is 4. The van der Waals surface area contributed by atoms with Gasteiger partial charge >= 0.3 is 5.97 Å². The van der Waals surface area contributed by atoms with E-state index in [0.29, 0.717) is 23.9 Å². The molecule has 0 spiro atoms. The summed E-state index contributed by atoms with van der Waals surface area (Å²) in [6.45, 7) is 2.06. The Morgan fingerprint density at radius 3 is 2.91 bits per heavy atom. The summed E-state index contributed by atoms with van der Waals surface area (Å²) in [4.78, 5) is 16.0. The van der Waals surface area contributed by atoms with Crippen molar-refractivity contribution in [2.45, 2.75) is 13.3 Å². The normalized spacial score (nSPS) is 10.9. The van der Waals surface area contributed by atoms with E-state index in [9.17, 15) is 4.79 Å². The standard InChI is InChI=1S/C16H15ClN4O2/c1-3-23-16(22)15-20-19-14(21(15)2)7-10-4-5-13-11(6-10)8-12(17)9-18-13/h4-6,8-9H,3,7H2,1-2H3. The van der Waals surface area contributed by atoms with Crippen LogP contribution < -0.4 is 0 Å². The molecule has 0 aliphatic carbocycles. The van der Waals surface area contributed by atoms with Crippen molar-refractivity contribution in [2.75, 3.05) is 6.61 Å². The molecule has 0 bridgehead atoms. The maximum atomic E-state index is 11.8. The zero-order valence-electron chi connectivity index (χ0n) is 12.8. The van der Waals surface area contributed by atoms with Crippen molar-refractivity contribution in [2.24, 2.45) is 7.05 Å². The molecule has 0 aliphatic heterocycles. The first-order chi connectivity index (χ1) is 11.1. The molecule has 0 unspecified atom stereocenters. The minimum Gasteiger partial charge on any atom is -0.460 e. The summed E-state index contributed by atoms with van der Waals surface area (Å²) in [5.41, 5.74) is 1.91. The minimum absolute atomic E-state index is 0.201.